The van der Waals surface area contributed by atoms with Crippen LogP contribution in [-0.4, -0.2) is 45.9 Å². The lowest BCUT2D eigenvalue weighted by molar-refractivity contribution is -0.150. The second-order valence-electron chi connectivity index (χ2n) is 6.31. The summed E-state index contributed by atoms with van der Waals surface area (Å²) in [6.45, 7) is 0. The van der Waals surface area contributed by atoms with Gasteiger partial charge in [-0.2, -0.15) is 0 Å². The maximum absolute atomic E-state index is 13.0. The number of carboxylic acid groups (broad SMARTS) is 1. The Kier molecular flexibility index (Phi) is 4.83. The van der Waals surface area contributed by atoms with Crippen LogP contribution in [0.3, 0.4) is 0 Å². The number of fused-ring (bicyclic) bond motifs is 1. The summed E-state index contributed by atoms with van der Waals surface area (Å²) in [7, 11) is 0. The van der Waals surface area contributed by atoms with Crippen molar-refractivity contribution in [2.75, 3.05) is 0 Å². The van der Waals surface area contributed by atoms with Gasteiger partial charge in [-0.3, -0.25) is 9.59 Å². The molecule has 0 aromatic heterocycles. The van der Waals surface area contributed by atoms with Crippen molar-refractivity contribution in [3.8, 4) is 0 Å². The normalized spacial score (nSPS) is 25.9. The first-order chi connectivity index (χ1) is 12.0. The average Bonchev–Trinajstić information content (AvgIpc) is 2.99. The van der Waals surface area contributed by atoms with E-state index >= 15 is 0 Å². The van der Waals surface area contributed by atoms with E-state index in [-0.39, 0.29) is 17.5 Å². The molecule has 1 aromatic rings. The first kappa shape index (κ1) is 17.1. The Hall–Kier alpha value is -2.70. The number of carboxylic acids is 1. The van der Waals surface area contributed by atoms with E-state index in [4.69, 9.17) is 0 Å². The van der Waals surface area contributed by atoms with Crippen LogP contribution in [0.2, 0.25) is 0 Å². The average molecular weight is 346 g/mol. The van der Waals surface area contributed by atoms with E-state index in [2.05, 4.69) is 5.32 Å². The third kappa shape index (κ3) is 3.55. The molecule has 0 bridgehead atoms. The van der Waals surface area contributed by atoms with E-state index in [1.807, 2.05) is 12.2 Å². The maximum Gasteiger partial charge on any atom is 0.326 e. The van der Waals surface area contributed by atoms with E-state index in [1.165, 1.54) is 29.2 Å². The van der Waals surface area contributed by atoms with Crippen molar-refractivity contribution < 1.29 is 23.9 Å². The molecule has 1 fully saturated rings. The van der Waals surface area contributed by atoms with Crippen LogP contribution in [0.5, 0.6) is 0 Å². The minimum atomic E-state index is -1.02. The monoisotopic (exact) mass is 346 g/mol. The summed E-state index contributed by atoms with van der Waals surface area (Å²) < 4.78 is 13.0. The summed E-state index contributed by atoms with van der Waals surface area (Å²) in [5.74, 6) is -2.35. The number of hydrogen-bond acceptors (Lipinski definition) is 3. The van der Waals surface area contributed by atoms with Crippen molar-refractivity contribution >= 4 is 17.8 Å². The highest BCUT2D eigenvalue weighted by molar-refractivity contribution is 5.98. The third-order valence-corrected chi connectivity index (χ3v) is 4.70. The lowest BCUT2D eigenvalue weighted by atomic mass is 10.0. The molecular formula is C18H19FN2O4. The van der Waals surface area contributed by atoms with Gasteiger partial charge in [0.1, 0.15) is 17.9 Å². The Morgan fingerprint density at radius 3 is 2.48 bits per heavy atom. The fourth-order valence-corrected chi connectivity index (χ4v) is 3.42. The number of amides is 2. The Balaban J connectivity index is 1.80. The molecule has 2 N–H and O–H groups in total. The van der Waals surface area contributed by atoms with Gasteiger partial charge in [-0.15, -0.1) is 0 Å². The zero-order chi connectivity index (χ0) is 18.0. The quantitative estimate of drug-likeness (QED) is 0.816. The number of aliphatic carboxylic acids is 1. The van der Waals surface area contributed by atoms with Crippen molar-refractivity contribution in [3.63, 3.8) is 0 Å². The summed E-state index contributed by atoms with van der Waals surface area (Å²) >= 11 is 0. The Morgan fingerprint density at radius 2 is 1.80 bits per heavy atom. The molecular weight excluding hydrogens is 327 g/mol. The number of hydrogen-bond donors (Lipinski definition) is 2. The van der Waals surface area contributed by atoms with Gasteiger partial charge in [0.2, 0.25) is 5.91 Å². The van der Waals surface area contributed by atoms with Gasteiger partial charge in [-0.05, 0) is 49.9 Å². The van der Waals surface area contributed by atoms with Crippen molar-refractivity contribution in [1.29, 1.82) is 0 Å². The molecule has 0 radical (unpaired) electrons. The summed E-state index contributed by atoms with van der Waals surface area (Å²) in [5, 5.41) is 12.0. The van der Waals surface area contributed by atoms with Gasteiger partial charge in [0, 0.05) is 11.6 Å². The SMILES string of the molecule is O=C(N[C@H]1CC=CC[C@@H]2CC[C@@H](C(=O)O)N2C1=O)c1ccc(F)cc1. The molecule has 1 saturated heterocycles. The van der Waals surface area contributed by atoms with Crippen LogP contribution in [0.25, 0.3) is 0 Å². The summed E-state index contributed by atoms with van der Waals surface area (Å²) in [5.41, 5.74) is 0.244. The highest BCUT2D eigenvalue weighted by Gasteiger charge is 2.43. The molecule has 2 heterocycles. The van der Waals surface area contributed by atoms with Crippen LogP contribution >= 0.6 is 0 Å². The molecule has 2 amide bonds. The Labute approximate surface area is 144 Å². The number of rotatable bonds is 3. The highest BCUT2D eigenvalue weighted by atomic mass is 19.1. The maximum atomic E-state index is 13.0. The van der Waals surface area contributed by atoms with Crippen LogP contribution in [0.1, 0.15) is 36.0 Å². The standard InChI is InChI=1S/C18H19FN2O4/c19-12-7-5-11(6-8-12)16(22)20-14-4-2-1-3-13-9-10-15(18(24)25)21(13)17(14)23/h1-2,5-8,13-15H,3-4,9-10H2,(H,20,22)(H,24,25)/t13-,14+,15+/m1/s1. The molecule has 0 saturated carbocycles. The number of carbonyl (C=O) groups excluding carboxylic acids is 2. The van der Waals surface area contributed by atoms with Gasteiger partial charge < -0.3 is 15.3 Å². The van der Waals surface area contributed by atoms with E-state index in [1.54, 1.807) is 0 Å². The number of benzene rings is 1. The van der Waals surface area contributed by atoms with Crippen LogP contribution in [0, 0.1) is 5.82 Å². The topological polar surface area (TPSA) is 86.7 Å². The Morgan fingerprint density at radius 1 is 1.12 bits per heavy atom. The molecule has 132 valence electrons. The van der Waals surface area contributed by atoms with Crippen LogP contribution in [0.15, 0.2) is 36.4 Å². The van der Waals surface area contributed by atoms with Crippen LogP contribution in [0.4, 0.5) is 4.39 Å². The van der Waals surface area contributed by atoms with Gasteiger partial charge in [-0.1, -0.05) is 12.2 Å². The molecule has 0 spiro atoms. The molecule has 3 rings (SSSR count). The van der Waals surface area contributed by atoms with Crippen LogP contribution < -0.4 is 5.32 Å². The van der Waals surface area contributed by atoms with E-state index < -0.39 is 29.8 Å². The van der Waals surface area contributed by atoms with E-state index in [9.17, 15) is 23.9 Å². The third-order valence-electron chi connectivity index (χ3n) is 4.70. The van der Waals surface area contributed by atoms with Crippen molar-refractivity contribution in [2.24, 2.45) is 0 Å². The molecule has 3 atom stereocenters. The van der Waals surface area contributed by atoms with Crippen molar-refractivity contribution in [2.45, 2.75) is 43.8 Å². The number of carbonyl (C=O) groups is 3. The Bertz CT molecular complexity index is 716. The largest absolute Gasteiger partial charge is 0.480 e. The molecule has 1 aromatic carbocycles. The fraction of sp³-hybridized carbons (Fsp3) is 0.389. The minimum absolute atomic E-state index is 0.157. The van der Waals surface area contributed by atoms with Crippen molar-refractivity contribution in [1.82, 2.24) is 10.2 Å². The minimum Gasteiger partial charge on any atom is -0.480 e. The number of nitrogens with one attached hydrogen (secondary N) is 1. The second kappa shape index (κ2) is 7.04. The van der Waals surface area contributed by atoms with Crippen LogP contribution in [-0.2, 0) is 9.59 Å². The van der Waals surface area contributed by atoms with E-state index in [0.29, 0.717) is 25.7 Å². The predicted molar refractivity (Wildman–Crippen MR) is 87.3 cm³/mol. The van der Waals surface area contributed by atoms with Gasteiger partial charge >= 0.3 is 5.97 Å². The zero-order valence-corrected chi connectivity index (χ0v) is 13.5. The second-order valence-corrected chi connectivity index (χ2v) is 6.31. The lowest BCUT2D eigenvalue weighted by Gasteiger charge is -2.32. The molecule has 6 nitrogen and oxygen atoms in total. The predicted octanol–water partition coefficient (Wildman–Crippen LogP) is 1.72. The molecule has 2 aliphatic rings. The molecule has 2 aliphatic heterocycles. The number of halogens is 1. The molecule has 7 heteroatoms. The summed E-state index contributed by atoms with van der Waals surface area (Å²) in [6, 6.07) is 3.18. The lowest BCUT2D eigenvalue weighted by Crippen LogP contribution is -2.54. The van der Waals surface area contributed by atoms with Gasteiger partial charge in [0.25, 0.3) is 5.91 Å². The molecule has 25 heavy (non-hydrogen) atoms. The smallest absolute Gasteiger partial charge is 0.326 e. The molecule has 0 unspecified atom stereocenters. The van der Waals surface area contributed by atoms with E-state index in [0.717, 1.165) is 0 Å². The van der Waals surface area contributed by atoms with Gasteiger partial charge in [0.05, 0.1) is 0 Å². The summed E-state index contributed by atoms with van der Waals surface area (Å²) in [4.78, 5) is 38.1. The highest BCUT2D eigenvalue weighted by Crippen LogP contribution is 2.29. The first-order valence-electron chi connectivity index (χ1n) is 8.24. The molecule has 0 aliphatic carbocycles. The van der Waals surface area contributed by atoms with Gasteiger partial charge in [-0.25, -0.2) is 9.18 Å². The first-order valence-corrected chi connectivity index (χ1v) is 8.24. The zero-order valence-electron chi connectivity index (χ0n) is 13.5. The fourth-order valence-electron chi connectivity index (χ4n) is 3.42. The summed E-state index contributed by atoms with van der Waals surface area (Å²) in [6.07, 6.45) is 5.71. The van der Waals surface area contributed by atoms with Crippen molar-refractivity contribution in [3.05, 3.63) is 47.8 Å². The number of nitrogens with zero attached hydrogens (tertiary/aromatic N) is 1. The van der Waals surface area contributed by atoms with Gasteiger partial charge in [0.15, 0.2) is 0 Å².